The number of halogens is 4. The van der Waals surface area contributed by atoms with Crippen LogP contribution in [0.4, 0.5) is 23.2 Å². The molecule has 5 nitrogen and oxygen atoms in total. The van der Waals surface area contributed by atoms with Gasteiger partial charge in [-0.15, -0.1) is 18.3 Å². The number of rotatable bonds is 4. The number of anilines is 1. The summed E-state index contributed by atoms with van der Waals surface area (Å²) in [7, 11) is 0. The Morgan fingerprint density at radius 3 is 2.42 bits per heavy atom. The van der Waals surface area contributed by atoms with Gasteiger partial charge in [-0.25, -0.2) is 14.1 Å². The third-order valence-corrected chi connectivity index (χ3v) is 3.29. The van der Waals surface area contributed by atoms with Crippen LogP contribution in [-0.4, -0.2) is 21.1 Å². The Labute approximate surface area is 145 Å². The maximum Gasteiger partial charge on any atom is 0.573 e. The summed E-state index contributed by atoms with van der Waals surface area (Å²) in [6, 6.07) is 9.56. The summed E-state index contributed by atoms with van der Waals surface area (Å²) in [6.07, 6.45) is -0.151. The van der Waals surface area contributed by atoms with Crippen molar-refractivity contribution in [3.05, 3.63) is 66.0 Å². The van der Waals surface area contributed by atoms with Gasteiger partial charge in [-0.05, 0) is 48.0 Å². The summed E-state index contributed by atoms with van der Waals surface area (Å²) < 4.78 is 55.0. The second-order valence-electron chi connectivity index (χ2n) is 5.20. The van der Waals surface area contributed by atoms with Gasteiger partial charge in [-0.2, -0.15) is 0 Å². The van der Waals surface area contributed by atoms with E-state index < -0.39 is 12.2 Å². The first-order chi connectivity index (χ1) is 12.3. The predicted octanol–water partition coefficient (Wildman–Crippen LogP) is 4.06. The average Bonchev–Trinajstić information content (AvgIpc) is 3.04. The number of benzene rings is 2. The van der Waals surface area contributed by atoms with Crippen molar-refractivity contribution in [2.45, 2.75) is 6.36 Å². The van der Waals surface area contributed by atoms with Crippen molar-refractivity contribution < 1.29 is 22.3 Å². The quantitative estimate of drug-likeness (QED) is 0.560. The summed E-state index contributed by atoms with van der Waals surface area (Å²) in [5, 5.41) is 4.18. The fraction of sp³-hybridized carbons (Fsp3) is 0.0588. The molecule has 3 rings (SSSR count). The molecule has 0 atom stereocenters. The molecule has 0 aliphatic carbocycles. The Morgan fingerprint density at radius 2 is 1.77 bits per heavy atom. The first-order valence-electron chi connectivity index (χ1n) is 7.31. The van der Waals surface area contributed by atoms with E-state index in [-0.39, 0.29) is 11.4 Å². The van der Waals surface area contributed by atoms with Crippen LogP contribution in [0.1, 0.15) is 11.4 Å². The molecule has 0 bridgehead atoms. The van der Waals surface area contributed by atoms with E-state index in [0.29, 0.717) is 17.1 Å². The summed E-state index contributed by atoms with van der Waals surface area (Å²) in [6.45, 7) is 0. The molecule has 2 N–H and O–H groups in total. The standard InChI is InChI=1S/C17H12F4N4O/c18-14-9-11(1-7-15(14)22)2-8-16-23-10-25(24-16)12-3-5-13(6-4-12)26-17(19,20)21/h1-10H,22H2/b8-2+. The zero-order chi connectivity index (χ0) is 18.7. The third kappa shape index (κ3) is 4.38. The minimum atomic E-state index is -4.74. The minimum absolute atomic E-state index is 0.0579. The highest BCUT2D eigenvalue weighted by Crippen LogP contribution is 2.23. The highest BCUT2D eigenvalue weighted by atomic mass is 19.4. The number of nitrogens with zero attached hydrogens (tertiary/aromatic N) is 3. The summed E-state index contributed by atoms with van der Waals surface area (Å²) in [5.41, 5.74) is 6.56. The highest BCUT2D eigenvalue weighted by molar-refractivity contribution is 5.67. The minimum Gasteiger partial charge on any atom is -0.406 e. The van der Waals surface area contributed by atoms with Gasteiger partial charge < -0.3 is 10.5 Å². The summed E-state index contributed by atoms with van der Waals surface area (Å²) in [4.78, 5) is 4.06. The van der Waals surface area contributed by atoms with Crippen molar-refractivity contribution in [3.63, 3.8) is 0 Å². The van der Waals surface area contributed by atoms with Crippen LogP contribution in [-0.2, 0) is 0 Å². The molecule has 0 saturated heterocycles. The van der Waals surface area contributed by atoms with Crippen LogP contribution in [0.25, 0.3) is 17.8 Å². The van der Waals surface area contributed by atoms with Gasteiger partial charge in [-0.1, -0.05) is 12.1 Å². The molecule has 9 heteroatoms. The Balaban J connectivity index is 1.73. The lowest BCUT2D eigenvalue weighted by atomic mass is 10.2. The smallest absolute Gasteiger partial charge is 0.406 e. The maximum atomic E-state index is 13.4. The molecule has 0 spiro atoms. The fourth-order valence-electron chi connectivity index (χ4n) is 2.09. The maximum absolute atomic E-state index is 13.4. The van der Waals surface area contributed by atoms with Crippen LogP contribution in [0.5, 0.6) is 5.75 Å². The van der Waals surface area contributed by atoms with Crippen molar-refractivity contribution in [2.75, 3.05) is 5.73 Å². The molecule has 134 valence electrons. The van der Waals surface area contributed by atoms with Gasteiger partial charge in [-0.3, -0.25) is 0 Å². The number of nitrogen functional groups attached to an aromatic ring is 1. The van der Waals surface area contributed by atoms with E-state index in [1.165, 1.54) is 47.4 Å². The van der Waals surface area contributed by atoms with Gasteiger partial charge >= 0.3 is 6.36 Å². The molecule has 1 aromatic heterocycles. The number of ether oxygens (including phenoxy) is 1. The normalized spacial score (nSPS) is 11.8. The Hall–Kier alpha value is -3.36. The summed E-state index contributed by atoms with van der Waals surface area (Å²) >= 11 is 0. The second kappa shape index (κ2) is 6.87. The lowest BCUT2D eigenvalue weighted by Gasteiger charge is -2.09. The Morgan fingerprint density at radius 1 is 1.04 bits per heavy atom. The van der Waals surface area contributed by atoms with Crippen LogP contribution in [0.15, 0.2) is 48.8 Å². The molecule has 3 aromatic rings. The molecule has 0 amide bonds. The van der Waals surface area contributed by atoms with Crippen molar-refractivity contribution in [3.8, 4) is 11.4 Å². The van der Waals surface area contributed by atoms with Gasteiger partial charge in [0, 0.05) is 0 Å². The SMILES string of the molecule is Nc1ccc(/C=C/c2ncn(-c3ccc(OC(F)(F)F)cc3)n2)cc1F. The molecule has 0 saturated carbocycles. The van der Waals surface area contributed by atoms with Crippen molar-refractivity contribution in [1.82, 2.24) is 14.8 Å². The number of hydrogen-bond acceptors (Lipinski definition) is 4. The molecule has 0 aliphatic rings. The molecule has 0 fully saturated rings. The molecular weight excluding hydrogens is 352 g/mol. The molecule has 0 aliphatic heterocycles. The van der Waals surface area contributed by atoms with Crippen molar-refractivity contribution in [1.29, 1.82) is 0 Å². The van der Waals surface area contributed by atoms with E-state index in [1.807, 2.05) is 0 Å². The second-order valence-corrected chi connectivity index (χ2v) is 5.20. The van der Waals surface area contributed by atoms with Gasteiger partial charge in [0.1, 0.15) is 17.9 Å². The monoisotopic (exact) mass is 364 g/mol. The van der Waals surface area contributed by atoms with Gasteiger partial charge in [0.2, 0.25) is 0 Å². The first-order valence-corrected chi connectivity index (χ1v) is 7.31. The van der Waals surface area contributed by atoms with E-state index in [0.717, 1.165) is 0 Å². The number of nitrogens with two attached hydrogens (primary N) is 1. The lowest BCUT2D eigenvalue weighted by Crippen LogP contribution is -2.17. The molecule has 1 heterocycles. The van der Waals surface area contributed by atoms with Crippen LogP contribution in [0.3, 0.4) is 0 Å². The van der Waals surface area contributed by atoms with Crippen LogP contribution in [0.2, 0.25) is 0 Å². The average molecular weight is 364 g/mol. The molecular formula is C17H12F4N4O. The molecule has 0 radical (unpaired) electrons. The number of alkyl halides is 3. The van der Waals surface area contributed by atoms with Crippen molar-refractivity contribution >= 4 is 17.8 Å². The molecule has 0 unspecified atom stereocenters. The number of hydrogen-bond donors (Lipinski definition) is 1. The summed E-state index contributed by atoms with van der Waals surface area (Å²) in [5.74, 6) is -0.503. The van der Waals surface area contributed by atoms with Crippen LogP contribution >= 0.6 is 0 Å². The molecule has 2 aromatic carbocycles. The topological polar surface area (TPSA) is 66.0 Å². The number of aromatic nitrogens is 3. The lowest BCUT2D eigenvalue weighted by molar-refractivity contribution is -0.274. The zero-order valence-electron chi connectivity index (χ0n) is 13.1. The highest BCUT2D eigenvalue weighted by Gasteiger charge is 2.30. The first kappa shape index (κ1) is 17.5. The van der Waals surface area contributed by atoms with Gasteiger partial charge in [0.05, 0.1) is 11.4 Å². The fourth-order valence-corrected chi connectivity index (χ4v) is 2.09. The van der Waals surface area contributed by atoms with E-state index in [2.05, 4.69) is 14.8 Å². The predicted molar refractivity (Wildman–Crippen MR) is 87.8 cm³/mol. The van der Waals surface area contributed by atoms with Gasteiger partial charge in [0.15, 0.2) is 5.82 Å². The van der Waals surface area contributed by atoms with Crippen molar-refractivity contribution in [2.24, 2.45) is 0 Å². The van der Waals surface area contributed by atoms with E-state index in [1.54, 1.807) is 18.2 Å². The van der Waals surface area contributed by atoms with E-state index in [4.69, 9.17) is 5.73 Å². The zero-order valence-corrected chi connectivity index (χ0v) is 13.1. The van der Waals surface area contributed by atoms with Gasteiger partial charge in [0.25, 0.3) is 0 Å². The van der Waals surface area contributed by atoms with E-state index >= 15 is 0 Å². The van der Waals surface area contributed by atoms with Crippen LogP contribution in [0, 0.1) is 5.82 Å². The van der Waals surface area contributed by atoms with Crippen LogP contribution < -0.4 is 10.5 Å². The Bertz CT molecular complexity index is 933. The largest absolute Gasteiger partial charge is 0.573 e. The molecule has 26 heavy (non-hydrogen) atoms. The Kier molecular flexibility index (Phi) is 4.61. The third-order valence-electron chi connectivity index (χ3n) is 3.29. The van der Waals surface area contributed by atoms with E-state index in [9.17, 15) is 17.6 Å².